The number of hydrogen-bond donors (Lipinski definition) is 2. The Morgan fingerprint density at radius 3 is 2.57 bits per heavy atom. The third-order valence-electron chi connectivity index (χ3n) is 7.32. The van der Waals surface area contributed by atoms with Crippen LogP contribution in [0, 0.1) is 0 Å². The molecular weight excluding hydrogens is 612 g/mol. The van der Waals surface area contributed by atoms with E-state index in [4.69, 9.17) is 9.72 Å². The van der Waals surface area contributed by atoms with Gasteiger partial charge in [0.1, 0.15) is 11.6 Å². The van der Waals surface area contributed by atoms with Crippen molar-refractivity contribution in [1.82, 2.24) is 19.7 Å². The van der Waals surface area contributed by atoms with Gasteiger partial charge in [-0.1, -0.05) is 24.1 Å². The lowest BCUT2D eigenvalue weighted by atomic mass is 10.0. The number of rotatable bonds is 10. The van der Waals surface area contributed by atoms with Crippen LogP contribution in [-0.4, -0.2) is 51.2 Å². The first-order valence-electron chi connectivity index (χ1n) is 14.3. The van der Waals surface area contributed by atoms with E-state index in [1.165, 1.54) is 5.69 Å². The molecule has 11 heteroatoms. The molecule has 0 atom stereocenters. The molecule has 0 fully saturated rings. The lowest BCUT2D eigenvalue weighted by Gasteiger charge is -2.30. The van der Waals surface area contributed by atoms with Gasteiger partial charge in [0.25, 0.3) is 0 Å². The SMILES string of the molecule is CCOc1cc2c(cc1Nc1ncc(Br)c(Nc3ccccc3N(SC)C(C)C)n1)-c1cnn(C)c1CCN2C(C)C. The maximum Gasteiger partial charge on any atom is 0.229 e. The number of halogens is 1. The van der Waals surface area contributed by atoms with Gasteiger partial charge in [-0.2, -0.15) is 10.1 Å². The number of nitrogens with one attached hydrogen (secondary N) is 2. The smallest absolute Gasteiger partial charge is 0.229 e. The van der Waals surface area contributed by atoms with Gasteiger partial charge >= 0.3 is 0 Å². The van der Waals surface area contributed by atoms with Gasteiger partial charge in [0.2, 0.25) is 5.95 Å². The Morgan fingerprint density at radius 2 is 1.86 bits per heavy atom. The molecule has 2 aromatic carbocycles. The van der Waals surface area contributed by atoms with Crippen molar-refractivity contribution in [3.63, 3.8) is 0 Å². The summed E-state index contributed by atoms with van der Waals surface area (Å²) in [7, 11) is 2.01. The highest BCUT2D eigenvalue weighted by molar-refractivity contribution is 9.10. The van der Waals surface area contributed by atoms with Crippen molar-refractivity contribution in [3.8, 4) is 16.9 Å². The molecule has 5 rings (SSSR count). The van der Waals surface area contributed by atoms with Crippen molar-refractivity contribution in [2.45, 2.75) is 53.1 Å². The molecule has 0 spiro atoms. The molecule has 1 aliphatic rings. The molecule has 222 valence electrons. The average Bonchev–Trinajstić information content (AvgIpc) is 3.24. The molecule has 9 nitrogen and oxygen atoms in total. The van der Waals surface area contributed by atoms with Crippen LogP contribution in [0.25, 0.3) is 11.1 Å². The number of anilines is 6. The van der Waals surface area contributed by atoms with Crippen LogP contribution in [0.2, 0.25) is 0 Å². The highest BCUT2D eigenvalue weighted by Gasteiger charge is 2.26. The Morgan fingerprint density at radius 1 is 1.07 bits per heavy atom. The van der Waals surface area contributed by atoms with Crippen molar-refractivity contribution >= 4 is 62.4 Å². The van der Waals surface area contributed by atoms with E-state index >= 15 is 0 Å². The third-order valence-corrected chi connectivity index (χ3v) is 8.91. The van der Waals surface area contributed by atoms with Crippen molar-refractivity contribution in [2.75, 3.05) is 39.2 Å². The van der Waals surface area contributed by atoms with Gasteiger partial charge in [-0.15, -0.1) is 0 Å². The second kappa shape index (κ2) is 12.8. The van der Waals surface area contributed by atoms with Gasteiger partial charge in [-0.05, 0) is 68.7 Å². The molecule has 42 heavy (non-hydrogen) atoms. The molecule has 2 aromatic heterocycles. The molecule has 2 N–H and O–H groups in total. The molecule has 0 amide bonds. The zero-order valence-corrected chi connectivity index (χ0v) is 27.7. The predicted molar refractivity (Wildman–Crippen MR) is 180 cm³/mol. The van der Waals surface area contributed by atoms with Crippen molar-refractivity contribution in [2.24, 2.45) is 7.05 Å². The molecule has 0 saturated heterocycles. The van der Waals surface area contributed by atoms with Crippen LogP contribution >= 0.6 is 27.9 Å². The van der Waals surface area contributed by atoms with Crippen molar-refractivity contribution in [3.05, 3.63) is 59.0 Å². The molecule has 3 heterocycles. The minimum atomic E-state index is 0.325. The second-order valence-electron chi connectivity index (χ2n) is 10.7. The topological polar surface area (TPSA) is 83.4 Å². The van der Waals surface area contributed by atoms with Crippen LogP contribution < -0.4 is 24.6 Å². The Bertz CT molecular complexity index is 1560. The molecule has 0 unspecified atom stereocenters. The summed E-state index contributed by atoms with van der Waals surface area (Å²) in [6.45, 7) is 12.3. The Hall–Kier alpha value is -3.44. The van der Waals surface area contributed by atoms with E-state index < -0.39 is 0 Å². The lowest BCUT2D eigenvalue weighted by Crippen LogP contribution is -2.32. The van der Waals surface area contributed by atoms with Gasteiger partial charge in [0.15, 0.2) is 0 Å². The summed E-state index contributed by atoms with van der Waals surface area (Å²) in [5.41, 5.74) is 7.48. The summed E-state index contributed by atoms with van der Waals surface area (Å²) in [6.07, 6.45) is 6.73. The standard InChI is InChI=1S/C31H39BrN8OS/c1-8-41-29-16-28-21(22-17-34-38(6)26(22)13-14-39(28)19(2)3)15-25(29)36-31-33-18-23(32)30(37-31)35-24-11-9-10-12-27(24)40(42-7)20(4)5/h9-12,15-20H,8,13-14H2,1-7H3,(H2,33,35,36,37). The van der Waals surface area contributed by atoms with E-state index in [1.54, 1.807) is 18.1 Å². The largest absolute Gasteiger partial charge is 0.492 e. The van der Waals surface area contributed by atoms with E-state index in [9.17, 15) is 0 Å². The Labute approximate surface area is 261 Å². The van der Waals surface area contributed by atoms with Crippen LogP contribution in [-0.2, 0) is 13.5 Å². The van der Waals surface area contributed by atoms with Crippen LogP contribution in [0.1, 0.15) is 40.3 Å². The molecule has 0 radical (unpaired) electrons. The zero-order chi connectivity index (χ0) is 30.0. The summed E-state index contributed by atoms with van der Waals surface area (Å²) >= 11 is 5.34. The van der Waals surface area contributed by atoms with Gasteiger partial charge in [0, 0.05) is 73.1 Å². The van der Waals surface area contributed by atoms with Crippen LogP contribution in [0.5, 0.6) is 5.75 Å². The van der Waals surface area contributed by atoms with Gasteiger partial charge in [0.05, 0.1) is 34.3 Å². The van der Waals surface area contributed by atoms with Gasteiger partial charge in [-0.25, -0.2) is 4.98 Å². The fourth-order valence-electron chi connectivity index (χ4n) is 5.38. The summed E-state index contributed by atoms with van der Waals surface area (Å²) < 4.78 is 11.2. The van der Waals surface area contributed by atoms with Crippen molar-refractivity contribution in [1.29, 1.82) is 0 Å². The Kier molecular flexibility index (Phi) is 9.17. The summed E-state index contributed by atoms with van der Waals surface area (Å²) in [5, 5.41) is 11.6. The molecular formula is C31H39BrN8OS. The van der Waals surface area contributed by atoms with E-state index in [0.717, 1.165) is 57.1 Å². The first-order valence-corrected chi connectivity index (χ1v) is 16.3. The van der Waals surface area contributed by atoms with Crippen LogP contribution in [0.4, 0.5) is 34.5 Å². The Balaban J connectivity index is 1.54. The molecule has 0 aliphatic carbocycles. The molecule has 4 aromatic rings. The number of ether oxygens (including phenoxy) is 1. The highest BCUT2D eigenvalue weighted by atomic mass is 79.9. The first-order chi connectivity index (χ1) is 20.2. The maximum absolute atomic E-state index is 6.17. The monoisotopic (exact) mass is 650 g/mol. The number of hydrogen-bond acceptors (Lipinski definition) is 9. The normalized spacial score (nSPS) is 12.7. The minimum Gasteiger partial charge on any atom is -0.492 e. The first kappa shape index (κ1) is 30.0. The van der Waals surface area contributed by atoms with E-state index in [-0.39, 0.29) is 0 Å². The number of benzene rings is 2. The number of para-hydroxylation sites is 2. The van der Waals surface area contributed by atoms with E-state index in [2.05, 4.69) is 110 Å². The van der Waals surface area contributed by atoms with Crippen LogP contribution in [0.15, 0.2) is 53.3 Å². The fraction of sp³-hybridized carbons (Fsp3) is 0.387. The lowest BCUT2D eigenvalue weighted by molar-refractivity contribution is 0.342. The molecule has 1 aliphatic heterocycles. The number of aromatic nitrogens is 4. The van der Waals surface area contributed by atoms with Crippen molar-refractivity contribution < 1.29 is 4.74 Å². The number of fused-ring (bicyclic) bond motifs is 3. The van der Waals surface area contributed by atoms with E-state index in [0.29, 0.717) is 30.5 Å². The highest BCUT2D eigenvalue weighted by Crippen LogP contribution is 2.44. The molecule has 0 saturated carbocycles. The van der Waals surface area contributed by atoms with Gasteiger partial charge in [-0.3, -0.25) is 4.68 Å². The zero-order valence-electron chi connectivity index (χ0n) is 25.3. The van der Waals surface area contributed by atoms with E-state index in [1.807, 2.05) is 30.9 Å². The minimum absolute atomic E-state index is 0.325. The summed E-state index contributed by atoms with van der Waals surface area (Å²) in [5.74, 6) is 1.89. The number of aryl methyl sites for hydroxylation is 1. The second-order valence-corrected chi connectivity index (χ2v) is 12.3. The average molecular weight is 652 g/mol. The maximum atomic E-state index is 6.17. The third kappa shape index (κ3) is 6.03. The predicted octanol–water partition coefficient (Wildman–Crippen LogP) is 7.79. The van der Waals surface area contributed by atoms with Crippen LogP contribution in [0.3, 0.4) is 0 Å². The fourth-order valence-corrected chi connectivity index (χ4v) is 6.45. The summed E-state index contributed by atoms with van der Waals surface area (Å²) in [6, 6.07) is 13.2. The van der Waals surface area contributed by atoms with Gasteiger partial charge < -0.3 is 24.6 Å². The number of nitrogens with zero attached hydrogens (tertiary/aromatic N) is 6. The quantitative estimate of drug-likeness (QED) is 0.167. The molecule has 0 bridgehead atoms. The summed E-state index contributed by atoms with van der Waals surface area (Å²) in [4.78, 5) is 11.9.